The minimum absolute atomic E-state index is 0.255. The third-order valence-corrected chi connectivity index (χ3v) is 3.55. The number of benzene rings is 1. The molecule has 1 aliphatic rings. The Labute approximate surface area is 124 Å². The summed E-state index contributed by atoms with van der Waals surface area (Å²) in [6, 6.07) is 8.98. The fraction of sp³-hybridized carbons (Fsp3) is 0.467. The summed E-state index contributed by atoms with van der Waals surface area (Å²) in [4.78, 5) is 25.7. The molecule has 1 saturated heterocycles. The van der Waals surface area contributed by atoms with Gasteiger partial charge in [-0.25, -0.2) is 4.79 Å². The maximum atomic E-state index is 11.8. The van der Waals surface area contributed by atoms with Gasteiger partial charge in [-0.05, 0) is 19.1 Å². The maximum absolute atomic E-state index is 11.8. The summed E-state index contributed by atoms with van der Waals surface area (Å²) in [5, 5.41) is 8.28. The number of anilines is 1. The van der Waals surface area contributed by atoms with Crippen LogP contribution in [0.1, 0.15) is 13.3 Å². The van der Waals surface area contributed by atoms with Crippen LogP contribution in [0.15, 0.2) is 30.3 Å². The van der Waals surface area contributed by atoms with Crippen molar-refractivity contribution in [2.75, 3.05) is 31.5 Å². The second-order valence-electron chi connectivity index (χ2n) is 5.21. The van der Waals surface area contributed by atoms with Gasteiger partial charge in [0.1, 0.15) is 0 Å². The summed E-state index contributed by atoms with van der Waals surface area (Å²) in [6.07, 6.45) is 0.326. The highest BCUT2D eigenvalue weighted by molar-refractivity contribution is 6.01. The number of nitrogens with zero attached hydrogens (tertiary/aromatic N) is 1. The zero-order valence-electron chi connectivity index (χ0n) is 12.3. The van der Waals surface area contributed by atoms with Gasteiger partial charge in [-0.3, -0.25) is 15.0 Å². The highest BCUT2D eigenvalue weighted by Gasteiger charge is 2.18. The number of hydrogen-bond acceptors (Lipinski definition) is 4. The number of para-hydroxylation sites is 1. The van der Waals surface area contributed by atoms with Crippen LogP contribution in [0.5, 0.6) is 0 Å². The molecular formula is C15H22N4O2. The molecule has 3 amide bonds. The predicted octanol–water partition coefficient (Wildman–Crippen LogP) is 1.02. The van der Waals surface area contributed by atoms with Crippen molar-refractivity contribution in [3.63, 3.8) is 0 Å². The number of carbonyl (C=O) groups is 2. The Morgan fingerprint density at radius 1 is 1.33 bits per heavy atom. The Morgan fingerprint density at radius 2 is 2.10 bits per heavy atom. The van der Waals surface area contributed by atoms with E-state index in [-0.39, 0.29) is 5.91 Å². The molecule has 1 aromatic carbocycles. The predicted molar refractivity (Wildman–Crippen MR) is 82.1 cm³/mol. The first-order chi connectivity index (χ1) is 10.1. The summed E-state index contributed by atoms with van der Waals surface area (Å²) in [5.74, 6) is -0.255. The number of amides is 3. The van der Waals surface area contributed by atoms with Crippen LogP contribution in [-0.4, -0.2) is 49.1 Å². The zero-order valence-corrected chi connectivity index (χ0v) is 12.3. The Hall–Kier alpha value is -1.92. The molecule has 0 aliphatic carbocycles. The van der Waals surface area contributed by atoms with Gasteiger partial charge in [0.15, 0.2) is 0 Å². The number of imide groups is 1. The third-order valence-electron chi connectivity index (χ3n) is 3.55. The third kappa shape index (κ3) is 5.17. The van der Waals surface area contributed by atoms with E-state index in [9.17, 15) is 9.59 Å². The van der Waals surface area contributed by atoms with E-state index < -0.39 is 6.03 Å². The highest BCUT2D eigenvalue weighted by atomic mass is 16.2. The van der Waals surface area contributed by atoms with Crippen molar-refractivity contribution < 1.29 is 9.59 Å². The van der Waals surface area contributed by atoms with Crippen LogP contribution < -0.4 is 16.0 Å². The SMILES string of the molecule is C[C@@H]1CNCCN1CCC(=O)NC(=O)Nc1ccccc1. The molecule has 6 nitrogen and oxygen atoms in total. The molecule has 21 heavy (non-hydrogen) atoms. The first-order valence-corrected chi connectivity index (χ1v) is 7.26. The average molecular weight is 290 g/mol. The molecule has 1 aliphatic heterocycles. The smallest absolute Gasteiger partial charge is 0.314 e. The van der Waals surface area contributed by atoms with Gasteiger partial charge >= 0.3 is 6.03 Å². The van der Waals surface area contributed by atoms with Crippen LogP contribution in [-0.2, 0) is 4.79 Å². The molecule has 2 rings (SSSR count). The van der Waals surface area contributed by atoms with Gasteiger partial charge in [-0.15, -0.1) is 0 Å². The summed E-state index contributed by atoms with van der Waals surface area (Å²) in [5.41, 5.74) is 0.665. The molecule has 114 valence electrons. The van der Waals surface area contributed by atoms with Crippen molar-refractivity contribution >= 4 is 17.6 Å². The minimum atomic E-state index is -0.487. The first kappa shape index (κ1) is 15.5. The monoisotopic (exact) mass is 290 g/mol. The van der Waals surface area contributed by atoms with Crippen molar-refractivity contribution in [3.05, 3.63) is 30.3 Å². The molecular weight excluding hydrogens is 268 g/mol. The lowest BCUT2D eigenvalue weighted by molar-refractivity contribution is -0.120. The van der Waals surface area contributed by atoms with E-state index in [1.54, 1.807) is 12.1 Å². The van der Waals surface area contributed by atoms with Gasteiger partial charge in [-0.2, -0.15) is 0 Å². The highest BCUT2D eigenvalue weighted by Crippen LogP contribution is 2.05. The second-order valence-corrected chi connectivity index (χ2v) is 5.21. The van der Waals surface area contributed by atoms with E-state index in [0.29, 0.717) is 24.7 Å². The average Bonchev–Trinajstić information content (AvgIpc) is 2.47. The number of piperazine rings is 1. The Bertz CT molecular complexity index is 478. The molecule has 0 spiro atoms. The van der Waals surface area contributed by atoms with Gasteiger partial charge in [0.2, 0.25) is 5.91 Å². The van der Waals surface area contributed by atoms with Crippen molar-refractivity contribution in [2.45, 2.75) is 19.4 Å². The summed E-state index contributed by atoms with van der Waals surface area (Å²) in [7, 11) is 0. The molecule has 0 unspecified atom stereocenters. The second kappa shape index (κ2) is 7.75. The van der Waals surface area contributed by atoms with Crippen LogP contribution in [0.4, 0.5) is 10.5 Å². The number of carbonyl (C=O) groups excluding carboxylic acids is 2. The molecule has 0 saturated carbocycles. The molecule has 1 heterocycles. The van der Waals surface area contributed by atoms with Crippen LogP contribution in [0.25, 0.3) is 0 Å². The molecule has 1 fully saturated rings. The van der Waals surface area contributed by atoms with Gasteiger partial charge < -0.3 is 10.6 Å². The van der Waals surface area contributed by atoms with Crippen LogP contribution in [0, 0.1) is 0 Å². The normalized spacial score (nSPS) is 19.0. The quantitative estimate of drug-likeness (QED) is 0.774. The topological polar surface area (TPSA) is 73.5 Å². The van der Waals surface area contributed by atoms with E-state index in [1.165, 1.54) is 0 Å². The number of rotatable bonds is 4. The van der Waals surface area contributed by atoms with Crippen LogP contribution >= 0.6 is 0 Å². The molecule has 0 radical (unpaired) electrons. The minimum Gasteiger partial charge on any atom is -0.314 e. The lowest BCUT2D eigenvalue weighted by Gasteiger charge is -2.33. The summed E-state index contributed by atoms with van der Waals surface area (Å²) < 4.78 is 0. The maximum Gasteiger partial charge on any atom is 0.325 e. The first-order valence-electron chi connectivity index (χ1n) is 7.26. The molecule has 0 aromatic heterocycles. The van der Waals surface area contributed by atoms with Crippen LogP contribution in [0.2, 0.25) is 0 Å². The molecule has 1 aromatic rings. The molecule has 3 N–H and O–H groups in total. The fourth-order valence-electron chi connectivity index (χ4n) is 2.33. The lowest BCUT2D eigenvalue weighted by atomic mass is 10.2. The van der Waals surface area contributed by atoms with Gasteiger partial charge in [0, 0.05) is 44.3 Å². The van der Waals surface area contributed by atoms with Crippen molar-refractivity contribution in [1.82, 2.24) is 15.5 Å². The van der Waals surface area contributed by atoms with E-state index in [1.807, 2.05) is 18.2 Å². The van der Waals surface area contributed by atoms with Crippen molar-refractivity contribution in [3.8, 4) is 0 Å². The van der Waals surface area contributed by atoms with Gasteiger partial charge in [0.05, 0.1) is 0 Å². The van der Waals surface area contributed by atoms with E-state index in [0.717, 1.165) is 19.6 Å². The Morgan fingerprint density at radius 3 is 2.81 bits per heavy atom. The largest absolute Gasteiger partial charge is 0.325 e. The van der Waals surface area contributed by atoms with E-state index in [4.69, 9.17) is 0 Å². The number of urea groups is 1. The number of nitrogens with one attached hydrogen (secondary N) is 3. The molecule has 6 heteroatoms. The molecule has 0 bridgehead atoms. The standard InChI is InChI=1S/C15H22N4O2/c1-12-11-16-8-10-19(12)9-7-14(20)18-15(21)17-13-5-3-2-4-6-13/h2-6,12,16H,7-11H2,1H3,(H2,17,18,20,21)/t12-/m1/s1. The zero-order chi connectivity index (χ0) is 15.1. The lowest BCUT2D eigenvalue weighted by Crippen LogP contribution is -2.50. The Kier molecular flexibility index (Phi) is 5.71. The summed E-state index contributed by atoms with van der Waals surface area (Å²) in [6.45, 7) is 5.63. The fourth-order valence-corrected chi connectivity index (χ4v) is 2.33. The summed E-state index contributed by atoms with van der Waals surface area (Å²) >= 11 is 0. The van der Waals surface area contributed by atoms with Crippen molar-refractivity contribution in [1.29, 1.82) is 0 Å². The van der Waals surface area contributed by atoms with E-state index >= 15 is 0 Å². The number of hydrogen-bond donors (Lipinski definition) is 3. The van der Waals surface area contributed by atoms with Crippen molar-refractivity contribution in [2.24, 2.45) is 0 Å². The van der Waals surface area contributed by atoms with Gasteiger partial charge in [0.25, 0.3) is 0 Å². The van der Waals surface area contributed by atoms with Gasteiger partial charge in [-0.1, -0.05) is 18.2 Å². The van der Waals surface area contributed by atoms with Crippen LogP contribution in [0.3, 0.4) is 0 Å². The molecule has 1 atom stereocenters. The Balaban J connectivity index is 1.70. The van der Waals surface area contributed by atoms with E-state index in [2.05, 4.69) is 27.8 Å².